The summed E-state index contributed by atoms with van der Waals surface area (Å²) in [6.45, 7) is 1.86. The van der Waals surface area contributed by atoms with Gasteiger partial charge in [0, 0.05) is 11.3 Å². The highest BCUT2D eigenvalue weighted by Gasteiger charge is 2.13. The minimum absolute atomic E-state index is 0.278. The second-order valence-electron chi connectivity index (χ2n) is 4.69. The summed E-state index contributed by atoms with van der Waals surface area (Å²) in [5.41, 5.74) is 9.35. The number of pyridine rings is 1. The lowest BCUT2D eigenvalue weighted by atomic mass is 10.1. The summed E-state index contributed by atoms with van der Waals surface area (Å²) in [4.78, 5) is 4.14. The van der Waals surface area contributed by atoms with Crippen molar-refractivity contribution in [3.63, 3.8) is 0 Å². The van der Waals surface area contributed by atoms with Crippen LogP contribution in [0.4, 0.5) is 17.2 Å². The van der Waals surface area contributed by atoms with Crippen LogP contribution in [0.5, 0.6) is 0 Å². The predicted octanol–water partition coefficient (Wildman–Crippen LogP) is 4.43. The largest absolute Gasteiger partial charge is 0.380 e. The smallest absolute Gasteiger partial charge is 0.173 e. The summed E-state index contributed by atoms with van der Waals surface area (Å²) in [6, 6.07) is 13.0. The summed E-state index contributed by atoms with van der Waals surface area (Å²) in [5, 5.41) is 15.7. The number of nitrogens with two attached hydrogens (primary N) is 1. The monoisotopic (exact) mass is 312 g/mol. The van der Waals surface area contributed by atoms with E-state index < -0.39 is 0 Å². The first-order chi connectivity index (χ1) is 10.6. The Morgan fingerprint density at radius 3 is 2.64 bits per heavy atom. The number of nitrogens with one attached hydrogen (secondary N) is 1. The number of rotatable bonds is 3. The number of aromatic nitrogens is 3. The van der Waals surface area contributed by atoms with Crippen LogP contribution < -0.4 is 5.73 Å². The van der Waals surface area contributed by atoms with Crippen LogP contribution in [-0.2, 0) is 0 Å². The molecule has 0 amide bonds. The van der Waals surface area contributed by atoms with E-state index >= 15 is 0 Å². The molecule has 2 aromatic heterocycles. The third-order valence-electron chi connectivity index (χ3n) is 3.00. The molecule has 1 aromatic carbocycles. The van der Waals surface area contributed by atoms with Gasteiger partial charge in [-0.2, -0.15) is 10.2 Å². The highest BCUT2D eigenvalue weighted by atomic mass is 35.5. The van der Waals surface area contributed by atoms with E-state index in [-0.39, 0.29) is 5.82 Å². The minimum Gasteiger partial charge on any atom is -0.380 e. The van der Waals surface area contributed by atoms with Gasteiger partial charge in [0.1, 0.15) is 5.15 Å². The standard InChI is InChI=1S/C15H13ClN6/c1-9-7-10(8-12(16)18-9)13-14(15(17)22-20-13)21-19-11-5-3-2-4-6-11/h2-8H,1H3,(H3,17,20,22). The average molecular weight is 313 g/mol. The molecule has 0 fully saturated rings. The van der Waals surface area contributed by atoms with Gasteiger partial charge in [-0.25, -0.2) is 4.98 Å². The summed E-state index contributed by atoms with van der Waals surface area (Å²) in [5.74, 6) is 0.278. The zero-order valence-electron chi connectivity index (χ0n) is 11.8. The Balaban J connectivity index is 2.02. The van der Waals surface area contributed by atoms with Crippen molar-refractivity contribution in [3.8, 4) is 11.3 Å². The van der Waals surface area contributed by atoms with E-state index in [1.165, 1.54) is 0 Å². The first kappa shape index (κ1) is 14.2. The average Bonchev–Trinajstić information content (AvgIpc) is 2.86. The van der Waals surface area contributed by atoms with Gasteiger partial charge >= 0.3 is 0 Å². The Bertz CT molecular complexity index is 805. The molecule has 2 heterocycles. The molecule has 0 radical (unpaired) electrons. The molecule has 0 aliphatic carbocycles. The van der Waals surface area contributed by atoms with Crippen LogP contribution in [0.15, 0.2) is 52.7 Å². The fourth-order valence-corrected chi connectivity index (χ4v) is 2.28. The molecule has 6 nitrogen and oxygen atoms in total. The second-order valence-corrected chi connectivity index (χ2v) is 5.08. The molecule has 22 heavy (non-hydrogen) atoms. The van der Waals surface area contributed by atoms with E-state index in [4.69, 9.17) is 17.3 Å². The van der Waals surface area contributed by atoms with E-state index in [0.717, 1.165) is 16.9 Å². The number of aromatic amines is 1. The number of aryl methyl sites for hydroxylation is 1. The van der Waals surface area contributed by atoms with Crippen LogP contribution >= 0.6 is 11.6 Å². The number of azo groups is 1. The van der Waals surface area contributed by atoms with E-state index in [1.54, 1.807) is 6.07 Å². The van der Waals surface area contributed by atoms with Crippen molar-refractivity contribution in [1.29, 1.82) is 0 Å². The Labute approximate surface area is 132 Å². The van der Waals surface area contributed by atoms with Crippen molar-refractivity contribution in [2.45, 2.75) is 6.92 Å². The van der Waals surface area contributed by atoms with Gasteiger partial charge in [0.05, 0.1) is 11.4 Å². The number of benzene rings is 1. The van der Waals surface area contributed by atoms with Crippen molar-refractivity contribution in [2.24, 2.45) is 10.2 Å². The Hall–Kier alpha value is -2.73. The molecule has 3 N–H and O–H groups in total. The highest BCUT2D eigenvalue weighted by Crippen LogP contribution is 2.35. The van der Waals surface area contributed by atoms with Crippen molar-refractivity contribution >= 4 is 28.8 Å². The molecule has 0 saturated heterocycles. The van der Waals surface area contributed by atoms with Gasteiger partial charge < -0.3 is 5.73 Å². The zero-order valence-corrected chi connectivity index (χ0v) is 12.5. The molecule has 3 aromatic rings. The van der Waals surface area contributed by atoms with E-state index in [1.807, 2.05) is 43.3 Å². The van der Waals surface area contributed by atoms with E-state index in [0.29, 0.717) is 16.5 Å². The van der Waals surface area contributed by atoms with E-state index in [9.17, 15) is 0 Å². The maximum absolute atomic E-state index is 6.00. The van der Waals surface area contributed by atoms with Crippen LogP contribution in [0, 0.1) is 6.92 Å². The topological polar surface area (TPSA) is 92.3 Å². The first-order valence-electron chi connectivity index (χ1n) is 6.58. The molecule has 0 spiro atoms. The fraction of sp³-hybridized carbons (Fsp3) is 0.0667. The van der Waals surface area contributed by atoms with Crippen LogP contribution in [0.2, 0.25) is 5.15 Å². The van der Waals surface area contributed by atoms with Gasteiger partial charge in [0.25, 0.3) is 0 Å². The molecule has 0 saturated carbocycles. The fourth-order valence-electron chi connectivity index (χ4n) is 2.03. The number of nitrogens with zero attached hydrogens (tertiary/aromatic N) is 4. The molecule has 110 valence electrons. The number of anilines is 1. The van der Waals surface area contributed by atoms with Crippen LogP contribution in [0.3, 0.4) is 0 Å². The molecule has 0 atom stereocenters. The Morgan fingerprint density at radius 2 is 1.91 bits per heavy atom. The first-order valence-corrected chi connectivity index (χ1v) is 6.96. The number of hydrogen-bond donors (Lipinski definition) is 2. The third kappa shape index (κ3) is 2.96. The number of H-pyrrole nitrogens is 1. The molecule has 3 rings (SSSR count). The molecule has 0 bridgehead atoms. The summed E-state index contributed by atoms with van der Waals surface area (Å²) >= 11 is 6.00. The quantitative estimate of drug-likeness (QED) is 0.553. The third-order valence-corrected chi connectivity index (χ3v) is 3.19. The Kier molecular flexibility index (Phi) is 3.84. The molecule has 0 aliphatic heterocycles. The summed E-state index contributed by atoms with van der Waals surface area (Å²) < 4.78 is 0. The minimum atomic E-state index is 0.278. The van der Waals surface area contributed by atoms with Gasteiger partial charge in [-0.05, 0) is 31.2 Å². The summed E-state index contributed by atoms with van der Waals surface area (Å²) in [6.07, 6.45) is 0. The maximum atomic E-state index is 6.00. The van der Waals surface area contributed by atoms with Crippen molar-refractivity contribution < 1.29 is 0 Å². The van der Waals surface area contributed by atoms with Gasteiger partial charge in [-0.15, -0.1) is 5.11 Å². The van der Waals surface area contributed by atoms with Gasteiger partial charge in [0.15, 0.2) is 11.5 Å². The lowest BCUT2D eigenvalue weighted by Crippen LogP contribution is -1.86. The van der Waals surface area contributed by atoms with Crippen LogP contribution in [0.25, 0.3) is 11.3 Å². The van der Waals surface area contributed by atoms with Crippen LogP contribution in [0.1, 0.15) is 5.69 Å². The van der Waals surface area contributed by atoms with Crippen LogP contribution in [-0.4, -0.2) is 15.2 Å². The molecular formula is C15H13ClN6. The van der Waals surface area contributed by atoms with Gasteiger partial charge in [-0.1, -0.05) is 29.8 Å². The molecular weight excluding hydrogens is 300 g/mol. The number of hydrogen-bond acceptors (Lipinski definition) is 5. The maximum Gasteiger partial charge on any atom is 0.173 e. The normalized spacial score (nSPS) is 11.2. The van der Waals surface area contributed by atoms with Gasteiger partial charge in [0.2, 0.25) is 0 Å². The van der Waals surface area contributed by atoms with E-state index in [2.05, 4.69) is 25.4 Å². The number of nitrogen functional groups attached to an aromatic ring is 1. The highest BCUT2D eigenvalue weighted by molar-refractivity contribution is 6.29. The van der Waals surface area contributed by atoms with Crippen molar-refractivity contribution in [3.05, 3.63) is 53.3 Å². The van der Waals surface area contributed by atoms with Crippen molar-refractivity contribution in [2.75, 3.05) is 5.73 Å². The lowest BCUT2D eigenvalue weighted by Gasteiger charge is -2.02. The summed E-state index contributed by atoms with van der Waals surface area (Å²) in [7, 11) is 0. The molecule has 7 heteroatoms. The predicted molar refractivity (Wildman–Crippen MR) is 86.6 cm³/mol. The zero-order chi connectivity index (χ0) is 15.5. The Morgan fingerprint density at radius 1 is 1.14 bits per heavy atom. The van der Waals surface area contributed by atoms with Crippen molar-refractivity contribution in [1.82, 2.24) is 15.2 Å². The molecule has 0 aliphatic rings. The second kappa shape index (κ2) is 5.95. The van der Waals surface area contributed by atoms with Gasteiger partial charge in [-0.3, -0.25) is 5.10 Å². The lowest BCUT2D eigenvalue weighted by molar-refractivity contribution is 1.10. The number of halogens is 1. The SMILES string of the molecule is Cc1cc(-c2[nH]nc(N)c2N=Nc2ccccc2)cc(Cl)n1. The molecule has 0 unspecified atom stereocenters.